The van der Waals surface area contributed by atoms with Gasteiger partial charge in [0.2, 0.25) is 5.95 Å². The molecular formula is C19H19N7. The molecule has 4 aromatic rings. The van der Waals surface area contributed by atoms with E-state index in [1.165, 1.54) is 24.1 Å². The van der Waals surface area contributed by atoms with Crippen LogP contribution >= 0.6 is 0 Å². The van der Waals surface area contributed by atoms with Crippen molar-refractivity contribution in [2.75, 3.05) is 10.6 Å². The van der Waals surface area contributed by atoms with Gasteiger partial charge >= 0.3 is 0 Å². The van der Waals surface area contributed by atoms with Crippen LogP contribution in [0.5, 0.6) is 0 Å². The molecule has 0 unspecified atom stereocenters. The third-order valence-corrected chi connectivity index (χ3v) is 4.55. The van der Waals surface area contributed by atoms with E-state index in [0.717, 1.165) is 17.2 Å². The smallest absolute Gasteiger partial charge is 0.248 e. The summed E-state index contributed by atoms with van der Waals surface area (Å²) in [5.41, 5.74) is 3.32. The number of nitrogens with zero attached hydrogens (tertiary/aromatic N) is 4. The summed E-state index contributed by atoms with van der Waals surface area (Å²) in [6.45, 7) is 0.701. The van der Waals surface area contributed by atoms with Gasteiger partial charge in [-0.2, -0.15) is 10.1 Å². The molecule has 130 valence electrons. The van der Waals surface area contributed by atoms with Crippen molar-refractivity contribution in [3.05, 3.63) is 66.0 Å². The van der Waals surface area contributed by atoms with Crippen LogP contribution in [0.3, 0.4) is 0 Å². The minimum atomic E-state index is 0.512. The maximum Gasteiger partial charge on any atom is 0.248 e. The predicted molar refractivity (Wildman–Crippen MR) is 101 cm³/mol. The van der Waals surface area contributed by atoms with E-state index in [1.54, 1.807) is 0 Å². The molecule has 0 aliphatic heterocycles. The lowest BCUT2D eigenvalue weighted by Gasteiger charge is -2.10. The molecule has 0 radical (unpaired) electrons. The fraction of sp³-hybridized carbons (Fsp3) is 0.211. The molecule has 0 atom stereocenters. The van der Waals surface area contributed by atoms with Gasteiger partial charge in [0.15, 0.2) is 11.6 Å². The third kappa shape index (κ3) is 2.99. The largest absolute Gasteiger partial charge is 0.364 e. The van der Waals surface area contributed by atoms with E-state index in [9.17, 15) is 0 Å². The van der Waals surface area contributed by atoms with Crippen LogP contribution in [0.2, 0.25) is 0 Å². The lowest BCUT2D eigenvalue weighted by Crippen LogP contribution is -2.08. The molecule has 1 saturated carbocycles. The summed E-state index contributed by atoms with van der Waals surface area (Å²) in [7, 11) is 0. The molecule has 3 N–H and O–H groups in total. The molecule has 3 heterocycles. The number of hydrogen-bond donors (Lipinski definition) is 3. The number of aromatic nitrogens is 5. The molecule has 26 heavy (non-hydrogen) atoms. The average molecular weight is 345 g/mol. The van der Waals surface area contributed by atoms with Gasteiger partial charge in [-0.25, -0.2) is 4.52 Å². The second-order valence-electron chi connectivity index (χ2n) is 6.57. The fourth-order valence-corrected chi connectivity index (χ4v) is 3.02. The van der Waals surface area contributed by atoms with Gasteiger partial charge in [-0.15, -0.1) is 5.10 Å². The van der Waals surface area contributed by atoms with Crippen molar-refractivity contribution >= 4 is 23.1 Å². The van der Waals surface area contributed by atoms with Gasteiger partial charge in [-0.05, 0) is 30.5 Å². The molecular weight excluding hydrogens is 326 g/mol. The zero-order chi connectivity index (χ0) is 17.3. The molecule has 0 bridgehead atoms. The Morgan fingerprint density at radius 1 is 1.12 bits per heavy atom. The van der Waals surface area contributed by atoms with Crippen LogP contribution in [0.1, 0.15) is 30.0 Å². The average Bonchev–Trinajstić information content (AvgIpc) is 3.22. The maximum absolute atomic E-state index is 4.65. The summed E-state index contributed by atoms with van der Waals surface area (Å²) < 4.78 is 1.82. The molecule has 1 fully saturated rings. The molecule has 7 nitrogen and oxygen atoms in total. The van der Waals surface area contributed by atoms with Gasteiger partial charge in [-0.3, -0.25) is 5.10 Å². The van der Waals surface area contributed by atoms with Crippen LogP contribution in [0, 0.1) is 0 Å². The lowest BCUT2D eigenvalue weighted by molar-refractivity contribution is 0.905. The molecule has 1 aliphatic rings. The summed E-state index contributed by atoms with van der Waals surface area (Å²) >= 11 is 0. The number of rotatable bonds is 6. The van der Waals surface area contributed by atoms with Crippen LogP contribution in [0.25, 0.3) is 5.52 Å². The quantitative estimate of drug-likeness (QED) is 0.496. The Hall–Kier alpha value is -3.35. The van der Waals surface area contributed by atoms with E-state index in [-0.39, 0.29) is 0 Å². The van der Waals surface area contributed by atoms with Gasteiger partial charge in [-0.1, -0.05) is 30.3 Å². The van der Waals surface area contributed by atoms with E-state index >= 15 is 0 Å². The fourth-order valence-electron chi connectivity index (χ4n) is 3.02. The zero-order valence-electron chi connectivity index (χ0n) is 14.2. The molecule has 5 rings (SSSR count). The molecule has 3 aromatic heterocycles. The first-order valence-electron chi connectivity index (χ1n) is 8.81. The lowest BCUT2D eigenvalue weighted by atomic mass is 10.2. The molecule has 1 aromatic carbocycles. The summed E-state index contributed by atoms with van der Waals surface area (Å²) in [5.74, 6) is 2.67. The normalized spacial score (nSPS) is 13.8. The van der Waals surface area contributed by atoms with Gasteiger partial charge in [0, 0.05) is 30.4 Å². The van der Waals surface area contributed by atoms with Crippen molar-refractivity contribution in [1.82, 2.24) is 24.8 Å². The van der Waals surface area contributed by atoms with E-state index < -0.39 is 0 Å². The maximum atomic E-state index is 4.65. The topological polar surface area (TPSA) is 82.9 Å². The second-order valence-corrected chi connectivity index (χ2v) is 6.57. The predicted octanol–water partition coefficient (Wildman–Crippen LogP) is 3.69. The van der Waals surface area contributed by atoms with Crippen molar-refractivity contribution in [3.8, 4) is 0 Å². The number of H-pyrrole nitrogens is 1. The van der Waals surface area contributed by atoms with Crippen LogP contribution in [-0.4, -0.2) is 24.8 Å². The monoisotopic (exact) mass is 345 g/mol. The Bertz CT molecular complexity index is 1030. The molecule has 0 amide bonds. The second kappa shape index (κ2) is 6.18. The van der Waals surface area contributed by atoms with Crippen LogP contribution in [0.15, 0.2) is 54.7 Å². The molecule has 0 saturated heterocycles. The van der Waals surface area contributed by atoms with Gasteiger partial charge in [0.25, 0.3) is 0 Å². The summed E-state index contributed by atoms with van der Waals surface area (Å²) in [4.78, 5) is 4.65. The van der Waals surface area contributed by atoms with Gasteiger partial charge in [0.05, 0.1) is 0 Å². The van der Waals surface area contributed by atoms with Gasteiger partial charge < -0.3 is 10.6 Å². The SMILES string of the molecule is c1ccc(CNc2nc(Nc3cc(C4CC4)[nH]n3)nn3cccc23)cc1. The Morgan fingerprint density at radius 2 is 2.00 bits per heavy atom. The first kappa shape index (κ1) is 14.9. The van der Waals surface area contributed by atoms with E-state index in [1.807, 2.05) is 47.1 Å². The molecule has 0 spiro atoms. The van der Waals surface area contributed by atoms with E-state index in [0.29, 0.717) is 18.4 Å². The van der Waals surface area contributed by atoms with Crippen molar-refractivity contribution in [2.24, 2.45) is 0 Å². The summed E-state index contributed by atoms with van der Waals surface area (Å²) in [6, 6.07) is 16.3. The molecule has 1 aliphatic carbocycles. The number of hydrogen-bond acceptors (Lipinski definition) is 5. The highest BCUT2D eigenvalue weighted by molar-refractivity contribution is 5.69. The first-order valence-corrected chi connectivity index (χ1v) is 8.81. The van der Waals surface area contributed by atoms with Crippen LogP contribution < -0.4 is 10.6 Å². The number of anilines is 3. The minimum absolute atomic E-state index is 0.512. The number of nitrogens with one attached hydrogen (secondary N) is 3. The van der Waals surface area contributed by atoms with Crippen molar-refractivity contribution in [2.45, 2.75) is 25.3 Å². The van der Waals surface area contributed by atoms with Crippen molar-refractivity contribution in [1.29, 1.82) is 0 Å². The molecule has 7 heteroatoms. The number of aromatic amines is 1. The zero-order valence-corrected chi connectivity index (χ0v) is 14.2. The standard InChI is InChI=1S/C19H19N7/c1-2-5-13(6-3-1)12-20-18-16-7-4-10-26(16)25-19(22-18)21-17-11-15(23-24-17)14-8-9-14/h1-7,10-11,14H,8-9,12H2,(H3,20,21,22,23,24,25). The van der Waals surface area contributed by atoms with Crippen LogP contribution in [0.4, 0.5) is 17.6 Å². The summed E-state index contributed by atoms with van der Waals surface area (Å²) in [5, 5.41) is 18.5. The Balaban J connectivity index is 1.40. The highest BCUT2D eigenvalue weighted by atomic mass is 15.3. The summed E-state index contributed by atoms with van der Waals surface area (Å²) in [6.07, 6.45) is 4.39. The minimum Gasteiger partial charge on any atom is -0.364 e. The van der Waals surface area contributed by atoms with Crippen LogP contribution in [-0.2, 0) is 6.54 Å². The number of benzene rings is 1. The first-order chi connectivity index (χ1) is 12.8. The van der Waals surface area contributed by atoms with Gasteiger partial charge in [0.1, 0.15) is 5.52 Å². The number of fused-ring (bicyclic) bond motifs is 1. The Kier molecular flexibility index (Phi) is 3.55. The Labute approximate surface area is 150 Å². The van der Waals surface area contributed by atoms with E-state index in [2.05, 4.69) is 43.0 Å². The third-order valence-electron chi connectivity index (χ3n) is 4.55. The van der Waals surface area contributed by atoms with E-state index in [4.69, 9.17) is 0 Å². The van der Waals surface area contributed by atoms with Crippen molar-refractivity contribution in [3.63, 3.8) is 0 Å². The highest BCUT2D eigenvalue weighted by Crippen LogP contribution is 2.39. The highest BCUT2D eigenvalue weighted by Gasteiger charge is 2.25. The Morgan fingerprint density at radius 3 is 2.85 bits per heavy atom. The van der Waals surface area contributed by atoms with Crippen molar-refractivity contribution < 1.29 is 0 Å².